The van der Waals surface area contributed by atoms with Crippen LogP contribution in [-0.4, -0.2) is 17.5 Å². The van der Waals surface area contributed by atoms with E-state index in [2.05, 4.69) is 5.32 Å². The van der Waals surface area contributed by atoms with Gasteiger partial charge in [-0.3, -0.25) is 14.4 Å². The Hall–Kier alpha value is -1.39. The normalized spacial score (nSPS) is 29.0. The summed E-state index contributed by atoms with van der Waals surface area (Å²) in [6.07, 6.45) is 0.969. The quantitative estimate of drug-likeness (QED) is 0.662. The standard InChI is InChI=1S/C16H15Cl2NO3/c1-15(2)11-3-4-16(15,13(21)12(11)20)14(22)19-10-6-8(17)5-9(18)7-10/h5-7,11H,3-4H2,1-2H3,(H,19,22). The molecule has 4 nitrogen and oxygen atoms in total. The largest absolute Gasteiger partial charge is 0.325 e. The number of amides is 1. The monoisotopic (exact) mass is 339 g/mol. The fraction of sp³-hybridized carbons (Fsp3) is 0.438. The van der Waals surface area contributed by atoms with Gasteiger partial charge in [-0.15, -0.1) is 0 Å². The van der Waals surface area contributed by atoms with Crippen molar-refractivity contribution in [3.63, 3.8) is 0 Å². The molecule has 2 unspecified atom stereocenters. The minimum absolute atomic E-state index is 0.367. The summed E-state index contributed by atoms with van der Waals surface area (Å²) in [5.74, 6) is -1.81. The zero-order valence-electron chi connectivity index (χ0n) is 12.2. The van der Waals surface area contributed by atoms with Crippen LogP contribution < -0.4 is 5.32 Å². The number of carbonyl (C=O) groups excluding carboxylic acids is 3. The van der Waals surface area contributed by atoms with Gasteiger partial charge in [-0.1, -0.05) is 37.0 Å². The maximum Gasteiger partial charge on any atom is 0.239 e. The highest BCUT2D eigenvalue weighted by Gasteiger charge is 2.72. The van der Waals surface area contributed by atoms with Gasteiger partial charge < -0.3 is 5.32 Å². The van der Waals surface area contributed by atoms with Gasteiger partial charge >= 0.3 is 0 Å². The van der Waals surface area contributed by atoms with Crippen molar-refractivity contribution in [2.75, 3.05) is 5.32 Å². The van der Waals surface area contributed by atoms with Gasteiger partial charge in [-0.25, -0.2) is 0 Å². The molecule has 2 atom stereocenters. The van der Waals surface area contributed by atoms with Crippen molar-refractivity contribution in [1.82, 2.24) is 0 Å². The summed E-state index contributed by atoms with van der Waals surface area (Å²) in [4.78, 5) is 37.3. The molecule has 2 bridgehead atoms. The average Bonchev–Trinajstić information content (AvgIpc) is 2.74. The maximum atomic E-state index is 12.8. The van der Waals surface area contributed by atoms with Crippen LogP contribution in [0.2, 0.25) is 10.0 Å². The first kappa shape index (κ1) is 15.5. The predicted molar refractivity (Wildman–Crippen MR) is 84.0 cm³/mol. The Kier molecular flexibility index (Phi) is 3.38. The van der Waals surface area contributed by atoms with Gasteiger partial charge in [0.05, 0.1) is 0 Å². The molecule has 2 aliphatic carbocycles. The molecule has 1 amide bonds. The van der Waals surface area contributed by atoms with E-state index in [-0.39, 0.29) is 5.92 Å². The molecule has 0 saturated heterocycles. The molecule has 6 heteroatoms. The Labute approximate surface area is 138 Å². The van der Waals surface area contributed by atoms with E-state index in [4.69, 9.17) is 23.2 Å². The first-order valence-electron chi connectivity index (χ1n) is 7.06. The Morgan fingerprint density at radius 1 is 1.18 bits per heavy atom. The Morgan fingerprint density at radius 2 is 1.77 bits per heavy atom. The molecule has 1 aromatic carbocycles. The second kappa shape index (κ2) is 4.80. The minimum Gasteiger partial charge on any atom is -0.325 e. The third kappa shape index (κ3) is 1.87. The second-order valence-corrected chi connectivity index (χ2v) is 7.40. The SMILES string of the molecule is CC1(C)C2CCC1(C(=O)Nc1cc(Cl)cc(Cl)c1)C(=O)C2=O. The molecule has 1 aromatic rings. The van der Waals surface area contributed by atoms with Gasteiger partial charge in [0.1, 0.15) is 5.41 Å². The van der Waals surface area contributed by atoms with E-state index in [0.29, 0.717) is 28.6 Å². The number of benzene rings is 1. The van der Waals surface area contributed by atoms with Gasteiger partial charge in [0.15, 0.2) is 0 Å². The average molecular weight is 340 g/mol. The molecule has 0 aliphatic heterocycles. The summed E-state index contributed by atoms with van der Waals surface area (Å²) in [6, 6.07) is 4.67. The molecule has 22 heavy (non-hydrogen) atoms. The Morgan fingerprint density at radius 3 is 2.27 bits per heavy atom. The molecule has 2 saturated carbocycles. The van der Waals surface area contributed by atoms with Gasteiger partial charge in [0.2, 0.25) is 17.5 Å². The summed E-state index contributed by atoms with van der Waals surface area (Å²) in [6.45, 7) is 3.63. The van der Waals surface area contributed by atoms with E-state index >= 15 is 0 Å². The fourth-order valence-electron chi connectivity index (χ4n) is 3.95. The molecular weight excluding hydrogens is 325 g/mol. The van der Waals surface area contributed by atoms with Gasteiger partial charge in [0, 0.05) is 21.7 Å². The van der Waals surface area contributed by atoms with Gasteiger partial charge in [0.25, 0.3) is 0 Å². The lowest BCUT2D eigenvalue weighted by Gasteiger charge is -2.33. The summed E-state index contributed by atoms with van der Waals surface area (Å²) in [7, 11) is 0. The molecule has 0 spiro atoms. The van der Waals surface area contributed by atoms with Crippen LogP contribution in [0.15, 0.2) is 18.2 Å². The highest BCUT2D eigenvalue weighted by molar-refractivity contribution is 6.48. The lowest BCUT2D eigenvalue weighted by molar-refractivity contribution is -0.147. The summed E-state index contributed by atoms with van der Waals surface area (Å²) in [5.41, 5.74) is -1.54. The minimum atomic E-state index is -1.29. The molecule has 1 N–H and O–H groups in total. The summed E-state index contributed by atoms with van der Waals surface area (Å²) in [5, 5.41) is 3.48. The molecule has 0 radical (unpaired) electrons. The number of nitrogens with one attached hydrogen (secondary N) is 1. The summed E-state index contributed by atoms with van der Waals surface area (Å²) < 4.78 is 0. The van der Waals surface area contributed by atoms with Crippen LogP contribution in [0.3, 0.4) is 0 Å². The van der Waals surface area contributed by atoms with Crippen LogP contribution in [0.5, 0.6) is 0 Å². The Balaban J connectivity index is 1.98. The highest BCUT2D eigenvalue weighted by Crippen LogP contribution is 2.62. The molecule has 116 valence electrons. The lowest BCUT2D eigenvalue weighted by Crippen LogP contribution is -2.47. The number of hydrogen-bond donors (Lipinski definition) is 1. The van der Waals surface area contributed by atoms with Crippen LogP contribution in [0.25, 0.3) is 0 Å². The van der Waals surface area contributed by atoms with Crippen molar-refractivity contribution in [2.45, 2.75) is 26.7 Å². The van der Waals surface area contributed by atoms with E-state index in [0.717, 1.165) is 0 Å². The third-order valence-corrected chi connectivity index (χ3v) is 5.65. The number of hydrogen-bond acceptors (Lipinski definition) is 3. The number of anilines is 1. The lowest BCUT2D eigenvalue weighted by atomic mass is 9.68. The van der Waals surface area contributed by atoms with Crippen LogP contribution in [-0.2, 0) is 14.4 Å². The van der Waals surface area contributed by atoms with Gasteiger partial charge in [-0.05, 0) is 36.5 Å². The summed E-state index contributed by atoms with van der Waals surface area (Å²) >= 11 is 11.8. The maximum absolute atomic E-state index is 12.8. The van der Waals surface area contributed by atoms with E-state index in [9.17, 15) is 14.4 Å². The number of ketones is 2. The van der Waals surface area contributed by atoms with E-state index in [1.54, 1.807) is 18.2 Å². The zero-order valence-corrected chi connectivity index (χ0v) is 13.7. The van der Waals surface area contributed by atoms with Crippen molar-refractivity contribution in [3.05, 3.63) is 28.2 Å². The van der Waals surface area contributed by atoms with Crippen LogP contribution >= 0.6 is 23.2 Å². The molecule has 0 heterocycles. The topological polar surface area (TPSA) is 63.2 Å². The number of fused-ring (bicyclic) bond motifs is 2. The van der Waals surface area contributed by atoms with Crippen molar-refractivity contribution in [1.29, 1.82) is 0 Å². The third-order valence-electron chi connectivity index (χ3n) is 5.22. The highest BCUT2D eigenvalue weighted by atomic mass is 35.5. The Bertz CT molecular complexity index is 693. The zero-order chi connectivity index (χ0) is 16.3. The van der Waals surface area contributed by atoms with Crippen LogP contribution in [0, 0.1) is 16.7 Å². The second-order valence-electron chi connectivity index (χ2n) is 6.52. The van der Waals surface area contributed by atoms with Crippen molar-refractivity contribution in [3.8, 4) is 0 Å². The fourth-order valence-corrected chi connectivity index (χ4v) is 4.47. The van der Waals surface area contributed by atoms with Crippen molar-refractivity contribution < 1.29 is 14.4 Å². The number of rotatable bonds is 2. The van der Waals surface area contributed by atoms with Crippen LogP contribution in [0.4, 0.5) is 5.69 Å². The van der Waals surface area contributed by atoms with Gasteiger partial charge in [-0.2, -0.15) is 0 Å². The first-order chi connectivity index (χ1) is 10.2. The molecule has 0 aromatic heterocycles. The predicted octanol–water partition coefficient (Wildman–Crippen LogP) is 3.51. The van der Waals surface area contributed by atoms with E-state index in [1.807, 2.05) is 13.8 Å². The number of Topliss-reactive ketones (excluding diaryl/α,β-unsaturated/α-hetero) is 2. The molecule has 3 rings (SSSR count). The first-order valence-corrected chi connectivity index (χ1v) is 7.82. The number of carbonyl (C=O) groups is 3. The number of halogens is 2. The van der Waals surface area contributed by atoms with E-state index in [1.165, 1.54) is 0 Å². The molecule has 2 aliphatic rings. The molecular formula is C16H15Cl2NO3. The molecule has 2 fully saturated rings. The van der Waals surface area contributed by atoms with Crippen molar-refractivity contribution in [2.24, 2.45) is 16.7 Å². The smallest absolute Gasteiger partial charge is 0.239 e. The van der Waals surface area contributed by atoms with Crippen molar-refractivity contribution >= 4 is 46.4 Å². The van der Waals surface area contributed by atoms with E-state index < -0.39 is 28.3 Å². The van der Waals surface area contributed by atoms with Crippen LogP contribution in [0.1, 0.15) is 26.7 Å².